The Hall–Kier alpha value is 0.269. The summed E-state index contributed by atoms with van der Waals surface area (Å²) in [5.41, 5.74) is 0. The van der Waals surface area contributed by atoms with Gasteiger partial charge >= 0.3 is 72.4 Å². The maximum atomic E-state index is 8.89. The molecule has 0 aromatic carbocycles. The van der Waals surface area contributed by atoms with E-state index in [2.05, 4.69) is 6.92 Å². The van der Waals surface area contributed by atoms with Crippen LogP contribution in [0.25, 0.3) is 0 Å². The van der Waals surface area contributed by atoms with Crippen LogP contribution in [0.2, 0.25) is 4.44 Å². The molecule has 0 aromatic rings. The van der Waals surface area contributed by atoms with Crippen molar-refractivity contribution in [1.82, 2.24) is 0 Å². The van der Waals surface area contributed by atoms with E-state index in [1.165, 1.54) is 43.0 Å². The zero-order valence-corrected chi connectivity index (χ0v) is 11.6. The van der Waals surface area contributed by atoms with Gasteiger partial charge < -0.3 is 9.90 Å². The van der Waals surface area contributed by atoms with Gasteiger partial charge in [-0.05, 0) is 6.92 Å². The first-order valence-electron chi connectivity index (χ1n) is 4.97. The fourth-order valence-electron chi connectivity index (χ4n) is 0.905. The van der Waals surface area contributed by atoms with Crippen LogP contribution in [-0.2, 0) is 4.79 Å². The normalized spacial score (nSPS) is 8.77. The molecule has 0 amide bonds. The molecule has 0 aliphatic heterocycles. The molecule has 0 saturated heterocycles. The van der Waals surface area contributed by atoms with Gasteiger partial charge in [0, 0.05) is 5.97 Å². The molecule has 0 bridgehead atoms. The Labute approximate surface area is 95.2 Å². The SMILES string of the molecule is CC(=O)[O-].CCCCCCC[CH2][Sn+]. The molecule has 0 spiro atoms. The number of carbonyl (C=O) groups excluding carboxylic acids is 1. The molecule has 0 N–H and O–H groups in total. The first kappa shape index (κ1) is 15.7. The molecule has 0 fully saturated rings. The quantitative estimate of drug-likeness (QED) is 0.552. The first-order valence-corrected chi connectivity index (χ1v) is 6.99. The Bertz CT molecular complexity index is 95.1. The number of carboxylic acid groups (broad SMARTS) is 1. The first-order chi connectivity index (χ1) is 6.15. The van der Waals surface area contributed by atoms with E-state index >= 15 is 0 Å². The number of hydrogen-bond donors (Lipinski definition) is 0. The van der Waals surface area contributed by atoms with Gasteiger partial charge in [-0.3, -0.25) is 0 Å². The van der Waals surface area contributed by atoms with Gasteiger partial charge in [0.25, 0.3) is 0 Å². The third-order valence-electron chi connectivity index (χ3n) is 1.53. The van der Waals surface area contributed by atoms with Gasteiger partial charge in [0.15, 0.2) is 0 Å². The van der Waals surface area contributed by atoms with Crippen LogP contribution in [0, 0.1) is 0 Å². The summed E-state index contributed by atoms with van der Waals surface area (Å²) in [5, 5.41) is 8.89. The second-order valence-electron chi connectivity index (χ2n) is 3.01. The van der Waals surface area contributed by atoms with Crippen molar-refractivity contribution in [2.45, 2.75) is 56.8 Å². The van der Waals surface area contributed by atoms with Crippen LogP contribution in [-0.4, -0.2) is 28.5 Å². The molecule has 0 atom stereocenters. The van der Waals surface area contributed by atoms with E-state index < -0.39 is 5.97 Å². The third kappa shape index (κ3) is 32.9. The van der Waals surface area contributed by atoms with Gasteiger partial charge in [0.1, 0.15) is 0 Å². The Kier molecular flexibility index (Phi) is 17.9. The number of aliphatic carboxylic acids is 1. The second-order valence-corrected chi connectivity index (χ2v) is 4.44. The van der Waals surface area contributed by atoms with Crippen molar-refractivity contribution in [2.75, 3.05) is 0 Å². The van der Waals surface area contributed by atoms with Crippen molar-refractivity contribution in [1.29, 1.82) is 0 Å². The molecule has 0 aliphatic rings. The van der Waals surface area contributed by atoms with E-state index in [1.54, 1.807) is 22.5 Å². The average Bonchev–Trinajstić information content (AvgIpc) is 2.03. The fraction of sp³-hybridized carbons (Fsp3) is 0.900. The van der Waals surface area contributed by atoms with Crippen LogP contribution in [0.4, 0.5) is 0 Å². The summed E-state index contributed by atoms with van der Waals surface area (Å²) in [6, 6.07) is 0. The standard InChI is InChI=1S/C8H17.C2H4O2.Sn/c1-3-5-7-8-6-4-2;1-2(3)4;/h1,3-8H2,2H3;1H3,(H,3,4);/q;;+1/p-1. The molecule has 13 heavy (non-hydrogen) atoms. The van der Waals surface area contributed by atoms with E-state index in [0.29, 0.717) is 0 Å². The van der Waals surface area contributed by atoms with Crippen LogP contribution in [0.15, 0.2) is 0 Å². The molecule has 0 aromatic heterocycles. The zero-order chi connectivity index (χ0) is 10.5. The summed E-state index contributed by atoms with van der Waals surface area (Å²) >= 11 is 1.71. The molecule has 0 aliphatic carbocycles. The minimum absolute atomic E-state index is 0.972. The molecule has 0 unspecified atom stereocenters. The maximum absolute atomic E-state index is 8.89. The van der Waals surface area contributed by atoms with Crippen molar-refractivity contribution in [3.63, 3.8) is 0 Å². The second kappa shape index (κ2) is 14.8. The molecule has 0 saturated carbocycles. The van der Waals surface area contributed by atoms with Gasteiger partial charge in [-0.1, -0.05) is 0 Å². The van der Waals surface area contributed by atoms with Crippen molar-refractivity contribution in [3.8, 4) is 0 Å². The fourth-order valence-corrected chi connectivity index (χ4v) is 1.62. The summed E-state index contributed by atoms with van der Waals surface area (Å²) in [6.07, 6.45) is 8.71. The van der Waals surface area contributed by atoms with Gasteiger partial charge in [-0.25, -0.2) is 0 Å². The molecule has 3 heteroatoms. The molecule has 76 valence electrons. The Morgan fingerprint density at radius 3 is 1.92 bits per heavy atom. The zero-order valence-electron chi connectivity index (χ0n) is 8.77. The summed E-state index contributed by atoms with van der Waals surface area (Å²) in [4.78, 5) is 8.89. The van der Waals surface area contributed by atoms with Gasteiger partial charge in [-0.2, -0.15) is 0 Å². The predicted molar refractivity (Wildman–Crippen MR) is 54.6 cm³/mol. The Morgan fingerprint density at radius 1 is 1.15 bits per heavy atom. The number of hydrogen-bond acceptors (Lipinski definition) is 2. The third-order valence-corrected chi connectivity index (χ3v) is 2.54. The summed E-state index contributed by atoms with van der Waals surface area (Å²) in [6.45, 7) is 3.24. The number of rotatable bonds is 6. The number of carbonyl (C=O) groups is 1. The van der Waals surface area contributed by atoms with Crippen LogP contribution in [0.1, 0.15) is 52.4 Å². The van der Waals surface area contributed by atoms with Crippen molar-refractivity contribution in [3.05, 3.63) is 0 Å². The van der Waals surface area contributed by atoms with Crippen LogP contribution >= 0.6 is 0 Å². The summed E-state index contributed by atoms with van der Waals surface area (Å²) < 4.78 is 1.46. The predicted octanol–water partition coefficient (Wildman–Crippen LogP) is 1.69. The van der Waals surface area contributed by atoms with E-state index in [1.807, 2.05) is 0 Å². The van der Waals surface area contributed by atoms with E-state index in [-0.39, 0.29) is 0 Å². The number of carboxylic acids is 1. The van der Waals surface area contributed by atoms with Gasteiger partial charge in [0.2, 0.25) is 0 Å². The van der Waals surface area contributed by atoms with Crippen LogP contribution in [0.3, 0.4) is 0 Å². The van der Waals surface area contributed by atoms with Crippen LogP contribution in [0.5, 0.6) is 0 Å². The Morgan fingerprint density at radius 2 is 1.54 bits per heavy atom. The molecule has 0 heterocycles. The van der Waals surface area contributed by atoms with Crippen LogP contribution < -0.4 is 5.11 Å². The molecular weight excluding hydrogens is 271 g/mol. The Balaban J connectivity index is 0. The minimum atomic E-state index is -1.08. The topological polar surface area (TPSA) is 40.1 Å². The summed E-state index contributed by atoms with van der Waals surface area (Å²) in [7, 11) is 0. The van der Waals surface area contributed by atoms with Gasteiger partial charge in [-0.15, -0.1) is 0 Å². The monoisotopic (exact) mass is 292 g/mol. The van der Waals surface area contributed by atoms with Gasteiger partial charge in [0.05, 0.1) is 0 Å². The van der Waals surface area contributed by atoms with E-state index in [0.717, 1.165) is 6.92 Å². The van der Waals surface area contributed by atoms with Crippen molar-refractivity contribution < 1.29 is 9.90 Å². The van der Waals surface area contributed by atoms with Crippen molar-refractivity contribution >= 4 is 28.5 Å². The summed E-state index contributed by atoms with van der Waals surface area (Å²) in [5.74, 6) is -1.08. The molecule has 2 nitrogen and oxygen atoms in total. The molecule has 2 radical (unpaired) electrons. The van der Waals surface area contributed by atoms with E-state index in [4.69, 9.17) is 9.90 Å². The number of unbranched alkanes of at least 4 members (excludes halogenated alkanes) is 5. The average molecular weight is 291 g/mol. The molecule has 0 rings (SSSR count). The molecular formula is C10H20O2Sn. The van der Waals surface area contributed by atoms with E-state index in [9.17, 15) is 0 Å². The van der Waals surface area contributed by atoms with Crippen molar-refractivity contribution in [2.24, 2.45) is 0 Å².